The van der Waals surface area contributed by atoms with Gasteiger partial charge in [0.2, 0.25) is 0 Å². The standard InChI is InChI=1S/C28H24N4/c1-19-13-18-24(30-23-16-14-22(29-2)15-17-23)28-25(19)31-26(20-9-5-3-6-10-20)27(32-28)21-11-7-4-8-12-21/h3-18,29-30H,1-2H3. The van der Waals surface area contributed by atoms with E-state index >= 15 is 0 Å². The first-order valence-corrected chi connectivity index (χ1v) is 10.7. The fourth-order valence-electron chi connectivity index (χ4n) is 3.84. The molecule has 0 unspecified atom stereocenters. The molecule has 0 radical (unpaired) electrons. The molecule has 0 spiro atoms. The van der Waals surface area contributed by atoms with Gasteiger partial charge in [-0.2, -0.15) is 0 Å². The first kappa shape index (κ1) is 19.8. The maximum Gasteiger partial charge on any atom is 0.113 e. The molecule has 0 saturated carbocycles. The lowest BCUT2D eigenvalue weighted by Gasteiger charge is -2.15. The van der Waals surface area contributed by atoms with Gasteiger partial charge in [0.1, 0.15) is 5.52 Å². The second-order valence-corrected chi connectivity index (χ2v) is 7.73. The first-order chi connectivity index (χ1) is 15.7. The van der Waals surface area contributed by atoms with E-state index in [0.29, 0.717) is 0 Å². The Kier molecular flexibility index (Phi) is 5.26. The van der Waals surface area contributed by atoms with Gasteiger partial charge in [-0.3, -0.25) is 0 Å². The van der Waals surface area contributed by atoms with Crippen LogP contribution >= 0.6 is 0 Å². The van der Waals surface area contributed by atoms with Crippen LogP contribution < -0.4 is 10.6 Å². The highest BCUT2D eigenvalue weighted by molar-refractivity contribution is 5.96. The van der Waals surface area contributed by atoms with E-state index in [1.54, 1.807) is 0 Å². The van der Waals surface area contributed by atoms with Gasteiger partial charge < -0.3 is 10.6 Å². The molecule has 0 saturated heterocycles. The van der Waals surface area contributed by atoms with Crippen LogP contribution in [0.4, 0.5) is 17.1 Å². The normalized spacial score (nSPS) is 10.8. The third kappa shape index (κ3) is 3.79. The Balaban J connectivity index is 1.71. The highest BCUT2D eigenvalue weighted by Gasteiger charge is 2.16. The van der Waals surface area contributed by atoms with Gasteiger partial charge in [0, 0.05) is 29.5 Å². The molecule has 156 valence electrons. The molecule has 0 atom stereocenters. The zero-order chi connectivity index (χ0) is 21.9. The van der Waals surface area contributed by atoms with Crippen LogP contribution in [0.3, 0.4) is 0 Å². The van der Waals surface area contributed by atoms with Gasteiger partial charge in [0.25, 0.3) is 0 Å². The second-order valence-electron chi connectivity index (χ2n) is 7.73. The van der Waals surface area contributed by atoms with Gasteiger partial charge in [-0.05, 0) is 42.8 Å². The molecule has 1 aromatic heterocycles. The maximum atomic E-state index is 5.18. The summed E-state index contributed by atoms with van der Waals surface area (Å²) in [5.41, 5.74) is 9.75. The summed E-state index contributed by atoms with van der Waals surface area (Å²) in [6.07, 6.45) is 0. The molecule has 0 aliphatic carbocycles. The summed E-state index contributed by atoms with van der Waals surface area (Å²) in [6.45, 7) is 2.08. The van der Waals surface area contributed by atoms with Crippen LogP contribution in [0, 0.1) is 6.92 Å². The van der Waals surface area contributed by atoms with Gasteiger partial charge in [0.05, 0.1) is 22.6 Å². The van der Waals surface area contributed by atoms with Gasteiger partial charge in [0.15, 0.2) is 0 Å². The van der Waals surface area contributed by atoms with Gasteiger partial charge in [-0.1, -0.05) is 66.7 Å². The first-order valence-electron chi connectivity index (χ1n) is 10.7. The Labute approximate surface area is 188 Å². The molecule has 4 aromatic carbocycles. The predicted octanol–water partition coefficient (Wildman–Crippen LogP) is 7.06. The minimum atomic E-state index is 0.862. The third-order valence-electron chi connectivity index (χ3n) is 5.57. The van der Waals surface area contributed by atoms with Crippen molar-refractivity contribution in [1.82, 2.24) is 9.97 Å². The highest BCUT2D eigenvalue weighted by atomic mass is 14.9. The SMILES string of the molecule is CNc1ccc(Nc2ccc(C)c3nc(-c4ccccc4)c(-c4ccccc4)nc23)cc1. The average molecular weight is 417 g/mol. The number of rotatable bonds is 5. The Morgan fingerprint density at radius 1 is 0.562 bits per heavy atom. The zero-order valence-electron chi connectivity index (χ0n) is 18.1. The van der Waals surface area contributed by atoms with Crippen molar-refractivity contribution in [2.24, 2.45) is 0 Å². The number of nitrogens with one attached hydrogen (secondary N) is 2. The summed E-state index contributed by atoms with van der Waals surface area (Å²) in [7, 11) is 1.92. The number of fused-ring (bicyclic) bond motifs is 1. The van der Waals surface area contributed by atoms with Crippen molar-refractivity contribution in [2.75, 3.05) is 17.7 Å². The van der Waals surface area contributed by atoms with E-state index in [1.807, 2.05) is 55.6 Å². The number of nitrogens with zero attached hydrogens (tertiary/aromatic N) is 2. The topological polar surface area (TPSA) is 49.8 Å². The minimum Gasteiger partial charge on any atom is -0.388 e. The smallest absolute Gasteiger partial charge is 0.113 e. The van der Waals surface area contributed by atoms with Gasteiger partial charge in [-0.25, -0.2) is 9.97 Å². The lowest BCUT2D eigenvalue weighted by atomic mass is 10.0. The fourth-order valence-corrected chi connectivity index (χ4v) is 3.84. The lowest BCUT2D eigenvalue weighted by molar-refractivity contribution is 1.27. The summed E-state index contributed by atoms with van der Waals surface area (Å²) in [6, 6.07) is 32.9. The second kappa shape index (κ2) is 8.52. The summed E-state index contributed by atoms with van der Waals surface area (Å²) in [5, 5.41) is 6.69. The number of hydrogen-bond donors (Lipinski definition) is 2. The Hall–Kier alpha value is -4.18. The molecule has 4 heteroatoms. The average Bonchev–Trinajstić information content (AvgIpc) is 2.86. The van der Waals surface area contributed by atoms with Crippen LogP contribution in [0.1, 0.15) is 5.56 Å². The summed E-state index contributed by atoms with van der Waals surface area (Å²) >= 11 is 0. The van der Waals surface area contributed by atoms with Crippen molar-refractivity contribution in [3.05, 3.63) is 103 Å². The summed E-state index contributed by atoms with van der Waals surface area (Å²) in [4.78, 5) is 10.3. The third-order valence-corrected chi connectivity index (χ3v) is 5.57. The van der Waals surface area contributed by atoms with Crippen LogP contribution in [0.25, 0.3) is 33.5 Å². The summed E-state index contributed by atoms with van der Waals surface area (Å²) in [5.74, 6) is 0. The van der Waals surface area contributed by atoms with Crippen LogP contribution in [-0.2, 0) is 0 Å². The van der Waals surface area contributed by atoms with E-state index in [9.17, 15) is 0 Å². The van der Waals surface area contributed by atoms with Gasteiger partial charge in [-0.15, -0.1) is 0 Å². The Morgan fingerprint density at radius 2 is 1.09 bits per heavy atom. The van der Waals surface area contributed by atoms with Crippen molar-refractivity contribution in [2.45, 2.75) is 6.92 Å². The minimum absolute atomic E-state index is 0.862. The van der Waals surface area contributed by atoms with E-state index < -0.39 is 0 Å². The molecule has 0 aliphatic heterocycles. The van der Waals surface area contributed by atoms with Crippen LogP contribution in [0.2, 0.25) is 0 Å². The van der Waals surface area contributed by atoms with Crippen molar-refractivity contribution < 1.29 is 0 Å². The number of aryl methyl sites for hydroxylation is 1. The zero-order valence-corrected chi connectivity index (χ0v) is 18.1. The Morgan fingerprint density at radius 3 is 1.66 bits per heavy atom. The number of anilines is 3. The van der Waals surface area contributed by atoms with Crippen LogP contribution in [0.15, 0.2) is 97.1 Å². The quantitative estimate of drug-likeness (QED) is 0.322. The van der Waals surface area contributed by atoms with E-state index in [4.69, 9.17) is 9.97 Å². The molecular formula is C28H24N4. The predicted molar refractivity (Wildman–Crippen MR) is 134 cm³/mol. The number of benzene rings is 4. The number of hydrogen-bond acceptors (Lipinski definition) is 4. The molecule has 0 aliphatic rings. The van der Waals surface area contributed by atoms with Crippen molar-refractivity contribution in [3.63, 3.8) is 0 Å². The molecule has 1 heterocycles. The lowest BCUT2D eigenvalue weighted by Crippen LogP contribution is -2.00. The molecular weight excluding hydrogens is 392 g/mol. The Bertz CT molecular complexity index is 1360. The molecule has 0 bridgehead atoms. The summed E-state index contributed by atoms with van der Waals surface area (Å²) < 4.78 is 0. The maximum absolute atomic E-state index is 5.18. The van der Waals surface area contributed by atoms with Crippen molar-refractivity contribution >= 4 is 28.1 Å². The number of aromatic nitrogens is 2. The monoisotopic (exact) mass is 416 g/mol. The molecule has 2 N–H and O–H groups in total. The molecule has 0 fully saturated rings. The molecule has 4 nitrogen and oxygen atoms in total. The van der Waals surface area contributed by atoms with Crippen molar-refractivity contribution in [1.29, 1.82) is 0 Å². The molecule has 5 aromatic rings. The van der Waals surface area contributed by atoms with E-state index in [2.05, 4.69) is 66.1 Å². The van der Waals surface area contributed by atoms with E-state index in [0.717, 1.165) is 56.2 Å². The molecule has 32 heavy (non-hydrogen) atoms. The van der Waals surface area contributed by atoms with E-state index in [1.165, 1.54) is 0 Å². The van der Waals surface area contributed by atoms with E-state index in [-0.39, 0.29) is 0 Å². The fraction of sp³-hybridized carbons (Fsp3) is 0.0714. The van der Waals surface area contributed by atoms with Crippen molar-refractivity contribution in [3.8, 4) is 22.5 Å². The highest BCUT2D eigenvalue weighted by Crippen LogP contribution is 2.34. The molecule has 0 amide bonds. The van der Waals surface area contributed by atoms with Gasteiger partial charge >= 0.3 is 0 Å². The molecule has 5 rings (SSSR count). The van der Waals surface area contributed by atoms with Crippen LogP contribution in [0.5, 0.6) is 0 Å². The van der Waals surface area contributed by atoms with Crippen LogP contribution in [-0.4, -0.2) is 17.0 Å². The largest absolute Gasteiger partial charge is 0.388 e.